The maximum atomic E-state index is 12.8. The van der Waals surface area contributed by atoms with E-state index in [1.807, 2.05) is 0 Å². The van der Waals surface area contributed by atoms with Crippen molar-refractivity contribution in [1.82, 2.24) is 9.97 Å². The molecule has 1 atom stereocenters. The molecule has 2 heterocycles. The maximum Gasteiger partial charge on any atom is 0.274 e. The first kappa shape index (κ1) is 23.6. The lowest BCUT2D eigenvalue weighted by molar-refractivity contribution is 0.102. The van der Waals surface area contributed by atoms with Gasteiger partial charge in [-0.1, -0.05) is 18.5 Å². The quantitative estimate of drug-likeness (QED) is 0.410. The topological polar surface area (TPSA) is 148 Å². The number of amidine groups is 1. The molecule has 4 N–H and O–H groups in total. The number of rotatable bonds is 8. The smallest absolute Gasteiger partial charge is 0.274 e. The van der Waals surface area contributed by atoms with Crippen molar-refractivity contribution in [1.29, 1.82) is 5.41 Å². The number of nitrogens with one attached hydrogen (secondary N) is 2. The third-order valence-electron chi connectivity index (χ3n) is 4.72. The number of methoxy groups -OCH3 is 1. The van der Waals surface area contributed by atoms with Gasteiger partial charge in [-0.25, -0.2) is 18.4 Å². The van der Waals surface area contributed by atoms with Crippen LogP contribution in [-0.2, 0) is 9.84 Å². The van der Waals surface area contributed by atoms with Crippen LogP contribution >= 0.6 is 11.6 Å². The van der Waals surface area contributed by atoms with Crippen molar-refractivity contribution in [2.24, 2.45) is 5.73 Å². The summed E-state index contributed by atoms with van der Waals surface area (Å²) >= 11 is 5.78. The number of nitrogens with two attached hydrogens (primary N) is 1. The molecule has 0 spiro atoms. The highest BCUT2D eigenvalue weighted by atomic mass is 35.5. The van der Waals surface area contributed by atoms with Gasteiger partial charge in [-0.15, -0.1) is 0 Å². The Labute approximate surface area is 180 Å². The second-order valence-corrected chi connectivity index (χ2v) is 10.3. The van der Waals surface area contributed by atoms with Gasteiger partial charge in [0, 0.05) is 17.7 Å². The van der Waals surface area contributed by atoms with Gasteiger partial charge in [0.05, 0.1) is 29.8 Å². The first-order chi connectivity index (χ1) is 13.9. The summed E-state index contributed by atoms with van der Waals surface area (Å²) in [6.45, 7) is 4.48. The molecule has 11 heteroatoms. The minimum atomic E-state index is -3.76. The van der Waals surface area contributed by atoms with Crippen LogP contribution in [0.15, 0.2) is 30.6 Å². The summed E-state index contributed by atoms with van der Waals surface area (Å²) < 4.78 is 29.3. The monoisotopic (exact) mass is 453 g/mol. The van der Waals surface area contributed by atoms with Gasteiger partial charge < -0.3 is 15.8 Å². The van der Waals surface area contributed by atoms with Gasteiger partial charge in [-0.2, -0.15) is 0 Å². The zero-order valence-corrected chi connectivity index (χ0v) is 18.6. The van der Waals surface area contributed by atoms with Crippen molar-refractivity contribution in [3.63, 3.8) is 0 Å². The zero-order valence-electron chi connectivity index (χ0n) is 17.1. The van der Waals surface area contributed by atoms with Gasteiger partial charge in [0.2, 0.25) is 5.88 Å². The zero-order chi connectivity index (χ0) is 22.7. The molecular formula is C19H24ClN5O4S. The minimum Gasteiger partial charge on any atom is -0.481 e. The van der Waals surface area contributed by atoms with E-state index in [2.05, 4.69) is 15.3 Å². The molecule has 2 aromatic heterocycles. The second-order valence-electron chi connectivity index (χ2n) is 7.24. The van der Waals surface area contributed by atoms with E-state index >= 15 is 0 Å². The standard InChI is InChI=1S/C19H24ClN5O4S/c1-11(10-30(27,28)19(2,3)18(21)22)14-7-13(9-24-17(14)29-4)25-16(26)15-6-5-12(20)8-23-15/h5-9,11H,10H2,1-4H3,(H3,21,22)(H,25,26). The number of ether oxygens (including phenoxy) is 1. The van der Waals surface area contributed by atoms with E-state index in [0.717, 1.165) is 0 Å². The fraction of sp³-hybridized carbons (Fsp3) is 0.368. The van der Waals surface area contributed by atoms with Gasteiger partial charge in [-0.3, -0.25) is 10.2 Å². The number of sulfone groups is 1. The second kappa shape index (κ2) is 8.97. The van der Waals surface area contributed by atoms with Crippen molar-refractivity contribution in [2.45, 2.75) is 31.4 Å². The number of aromatic nitrogens is 2. The Morgan fingerprint density at radius 2 is 2.00 bits per heavy atom. The van der Waals surface area contributed by atoms with Crippen LogP contribution in [0.2, 0.25) is 5.02 Å². The van der Waals surface area contributed by atoms with Crippen molar-refractivity contribution in [3.05, 3.63) is 46.9 Å². The molecule has 1 unspecified atom stereocenters. The van der Waals surface area contributed by atoms with E-state index in [0.29, 0.717) is 16.3 Å². The lowest BCUT2D eigenvalue weighted by atomic mass is 10.0. The summed E-state index contributed by atoms with van der Waals surface area (Å²) in [6, 6.07) is 4.63. The van der Waals surface area contributed by atoms with Gasteiger partial charge in [0.25, 0.3) is 5.91 Å². The average Bonchev–Trinajstić information content (AvgIpc) is 2.67. The predicted molar refractivity (Wildman–Crippen MR) is 116 cm³/mol. The highest BCUT2D eigenvalue weighted by molar-refractivity contribution is 7.93. The Balaban J connectivity index is 2.30. The molecule has 0 aromatic carbocycles. The number of pyridine rings is 2. The maximum absolute atomic E-state index is 12.8. The molecule has 2 rings (SSSR count). The largest absolute Gasteiger partial charge is 0.481 e. The van der Waals surface area contributed by atoms with E-state index in [1.165, 1.54) is 39.4 Å². The fourth-order valence-corrected chi connectivity index (χ4v) is 4.26. The Morgan fingerprint density at radius 3 is 2.53 bits per heavy atom. The number of hydrogen-bond acceptors (Lipinski definition) is 7. The van der Waals surface area contributed by atoms with Crippen molar-refractivity contribution >= 4 is 38.9 Å². The molecule has 0 radical (unpaired) electrons. The fourth-order valence-electron chi connectivity index (χ4n) is 2.56. The van der Waals surface area contributed by atoms with E-state index in [-0.39, 0.29) is 17.3 Å². The SMILES string of the molecule is COc1ncc(NC(=O)c2ccc(Cl)cn2)cc1C(C)CS(=O)(=O)C(C)(C)C(=N)N. The van der Waals surface area contributed by atoms with Crippen LogP contribution in [-0.4, -0.2) is 47.7 Å². The van der Waals surface area contributed by atoms with Gasteiger partial charge in [0.15, 0.2) is 9.84 Å². The highest BCUT2D eigenvalue weighted by Gasteiger charge is 2.39. The van der Waals surface area contributed by atoms with E-state index in [9.17, 15) is 13.2 Å². The lowest BCUT2D eigenvalue weighted by Crippen LogP contribution is -2.46. The summed E-state index contributed by atoms with van der Waals surface area (Å²) in [5.74, 6) is -1.49. The van der Waals surface area contributed by atoms with Crippen LogP contribution in [0.5, 0.6) is 5.88 Å². The number of halogens is 1. The minimum absolute atomic E-state index is 0.163. The van der Waals surface area contributed by atoms with Crippen molar-refractivity contribution in [3.8, 4) is 5.88 Å². The third kappa shape index (κ3) is 5.06. The van der Waals surface area contributed by atoms with Crippen molar-refractivity contribution in [2.75, 3.05) is 18.2 Å². The van der Waals surface area contributed by atoms with Crippen LogP contribution in [0, 0.1) is 5.41 Å². The number of nitrogens with zero attached hydrogens (tertiary/aromatic N) is 2. The van der Waals surface area contributed by atoms with Crippen LogP contribution in [0.1, 0.15) is 42.7 Å². The van der Waals surface area contributed by atoms with Crippen LogP contribution in [0.3, 0.4) is 0 Å². The number of amides is 1. The van der Waals surface area contributed by atoms with Gasteiger partial charge in [-0.05, 0) is 32.0 Å². The molecule has 0 fully saturated rings. The molecular weight excluding hydrogens is 430 g/mol. The normalized spacial score (nSPS) is 12.8. The van der Waals surface area contributed by atoms with Crippen LogP contribution in [0.4, 0.5) is 5.69 Å². The Bertz CT molecular complexity index is 1060. The molecule has 2 aromatic rings. The predicted octanol–water partition coefficient (Wildman–Crippen LogP) is 2.62. The lowest BCUT2D eigenvalue weighted by Gasteiger charge is -2.25. The van der Waals surface area contributed by atoms with E-state index in [1.54, 1.807) is 19.1 Å². The molecule has 0 aliphatic carbocycles. The molecule has 30 heavy (non-hydrogen) atoms. The summed E-state index contributed by atoms with van der Waals surface area (Å²) in [7, 11) is -2.34. The summed E-state index contributed by atoms with van der Waals surface area (Å²) in [5, 5.41) is 10.7. The summed E-state index contributed by atoms with van der Waals surface area (Å²) in [4.78, 5) is 20.5. The number of anilines is 1. The Morgan fingerprint density at radius 1 is 1.33 bits per heavy atom. The first-order valence-corrected chi connectivity index (χ1v) is 11.0. The molecule has 1 amide bonds. The van der Waals surface area contributed by atoms with Crippen molar-refractivity contribution < 1.29 is 17.9 Å². The highest BCUT2D eigenvalue weighted by Crippen LogP contribution is 2.31. The third-order valence-corrected chi connectivity index (χ3v) is 7.65. The Kier molecular flexibility index (Phi) is 7.04. The molecule has 0 saturated carbocycles. The van der Waals surface area contributed by atoms with E-state index in [4.69, 9.17) is 27.5 Å². The molecule has 0 aliphatic heterocycles. The van der Waals surface area contributed by atoms with Crippen LogP contribution < -0.4 is 15.8 Å². The molecule has 0 bridgehead atoms. The van der Waals surface area contributed by atoms with E-state index < -0.39 is 32.2 Å². The van der Waals surface area contributed by atoms with Gasteiger partial charge >= 0.3 is 0 Å². The molecule has 162 valence electrons. The van der Waals surface area contributed by atoms with Crippen LogP contribution in [0.25, 0.3) is 0 Å². The number of carbonyl (C=O) groups excluding carboxylic acids is 1. The molecule has 9 nitrogen and oxygen atoms in total. The molecule has 0 aliphatic rings. The summed E-state index contributed by atoms with van der Waals surface area (Å²) in [5.41, 5.74) is 6.48. The average molecular weight is 454 g/mol. The molecule has 0 saturated heterocycles. The summed E-state index contributed by atoms with van der Waals surface area (Å²) in [6.07, 6.45) is 2.76. The number of carbonyl (C=O) groups is 1. The number of hydrogen-bond donors (Lipinski definition) is 3. The Hall–Kier alpha value is -2.72. The van der Waals surface area contributed by atoms with Gasteiger partial charge in [0.1, 0.15) is 16.3 Å². The first-order valence-electron chi connectivity index (χ1n) is 8.92.